The lowest BCUT2D eigenvalue weighted by Gasteiger charge is -2.22. The van der Waals surface area contributed by atoms with Crippen LogP contribution in [0, 0.1) is 0 Å². The second-order valence-corrected chi connectivity index (χ2v) is 10.9. The number of amides is 2. The summed E-state index contributed by atoms with van der Waals surface area (Å²) in [6, 6.07) is 11.7. The Kier molecular flexibility index (Phi) is 8.34. The lowest BCUT2D eigenvalue weighted by Crippen LogP contribution is -2.52. The van der Waals surface area contributed by atoms with Crippen LogP contribution < -0.4 is 10.6 Å². The summed E-state index contributed by atoms with van der Waals surface area (Å²) in [5.74, 6) is -1.33. The van der Waals surface area contributed by atoms with Crippen LogP contribution in [-0.4, -0.2) is 60.5 Å². The third kappa shape index (κ3) is 6.23. The number of nitrogens with one attached hydrogen (secondary N) is 2. The Morgan fingerprint density at radius 1 is 1.19 bits per heavy atom. The molecule has 2 aromatic heterocycles. The van der Waals surface area contributed by atoms with E-state index in [1.54, 1.807) is 30.3 Å². The molecule has 2 amide bonds. The van der Waals surface area contributed by atoms with E-state index in [0.29, 0.717) is 24.8 Å². The van der Waals surface area contributed by atoms with Crippen LogP contribution in [0.25, 0.3) is 11.0 Å². The average Bonchev–Trinajstić information content (AvgIpc) is 3.25. The van der Waals surface area contributed by atoms with E-state index in [0.717, 1.165) is 16.1 Å². The molecule has 1 aromatic carbocycles. The molecular weight excluding hydrogens is 496 g/mol. The quantitative estimate of drug-likeness (QED) is 0.437. The molecule has 1 aliphatic rings. The fourth-order valence-corrected chi connectivity index (χ4v) is 5.63. The SMILES string of the molecule is CCCCC(NC(=O)c1cc2ccccc2o1)C(=O)NC1CCCN(S(=O)(=O)c2ccccn2)CC1=O. The van der Waals surface area contributed by atoms with Gasteiger partial charge in [-0.3, -0.25) is 14.4 Å². The van der Waals surface area contributed by atoms with Gasteiger partial charge in [0.25, 0.3) is 15.9 Å². The van der Waals surface area contributed by atoms with E-state index in [1.807, 2.05) is 19.1 Å². The van der Waals surface area contributed by atoms with Crippen molar-refractivity contribution in [3.63, 3.8) is 0 Å². The van der Waals surface area contributed by atoms with E-state index < -0.39 is 39.7 Å². The number of nitrogens with zero attached hydrogens (tertiary/aromatic N) is 2. The molecule has 0 saturated carbocycles. The number of ketones is 1. The molecule has 196 valence electrons. The van der Waals surface area contributed by atoms with Crippen molar-refractivity contribution >= 4 is 38.6 Å². The first kappa shape index (κ1) is 26.5. The van der Waals surface area contributed by atoms with Crippen molar-refractivity contribution in [2.24, 2.45) is 0 Å². The monoisotopic (exact) mass is 526 g/mol. The zero-order valence-electron chi connectivity index (χ0n) is 20.6. The number of pyridine rings is 1. The summed E-state index contributed by atoms with van der Waals surface area (Å²) in [5.41, 5.74) is 0.566. The third-order valence-corrected chi connectivity index (χ3v) is 8.06. The molecule has 0 aliphatic carbocycles. The van der Waals surface area contributed by atoms with Crippen LogP contribution >= 0.6 is 0 Å². The molecule has 37 heavy (non-hydrogen) atoms. The van der Waals surface area contributed by atoms with Gasteiger partial charge in [-0.25, -0.2) is 13.4 Å². The summed E-state index contributed by atoms with van der Waals surface area (Å²) in [7, 11) is -3.94. The molecule has 1 saturated heterocycles. The molecular formula is C26H30N4O6S. The highest BCUT2D eigenvalue weighted by Gasteiger charge is 2.34. The number of rotatable bonds is 9. The van der Waals surface area contributed by atoms with Crippen molar-refractivity contribution in [3.8, 4) is 0 Å². The Hall–Kier alpha value is -3.57. The lowest BCUT2D eigenvalue weighted by molar-refractivity contribution is -0.128. The first-order chi connectivity index (χ1) is 17.8. The normalized spacial score (nSPS) is 17.8. The van der Waals surface area contributed by atoms with Gasteiger partial charge in [0.2, 0.25) is 5.91 Å². The van der Waals surface area contributed by atoms with Gasteiger partial charge in [-0.1, -0.05) is 44.0 Å². The molecule has 10 nitrogen and oxygen atoms in total. The number of para-hydroxylation sites is 1. The first-order valence-electron chi connectivity index (χ1n) is 12.3. The topological polar surface area (TPSA) is 139 Å². The van der Waals surface area contributed by atoms with E-state index >= 15 is 0 Å². The molecule has 0 bridgehead atoms. The smallest absolute Gasteiger partial charge is 0.287 e. The van der Waals surface area contributed by atoms with Gasteiger partial charge in [0.15, 0.2) is 16.6 Å². The maximum absolute atomic E-state index is 13.2. The summed E-state index contributed by atoms with van der Waals surface area (Å²) in [6.07, 6.45) is 3.94. The number of unbranched alkanes of at least 4 members (excludes halogenated alkanes) is 1. The predicted molar refractivity (Wildman–Crippen MR) is 136 cm³/mol. The van der Waals surface area contributed by atoms with Crippen LogP contribution in [0.15, 0.2) is 64.2 Å². The van der Waals surface area contributed by atoms with Gasteiger partial charge in [0, 0.05) is 18.1 Å². The number of furan rings is 1. The van der Waals surface area contributed by atoms with E-state index in [2.05, 4.69) is 15.6 Å². The highest BCUT2D eigenvalue weighted by atomic mass is 32.2. The third-order valence-electron chi connectivity index (χ3n) is 6.30. The number of carbonyl (C=O) groups is 3. The fraction of sp³-hybridized carbons (Fsp3) is 0.385. The predicted octanol–water partition coefficient (Wildman–Crippen LogP) is 2.66. The molecule has 2 atom stereocenters. The minimum Gasteiger partial charge on any atom is -0.451 e. The zero-order valence-corrected chi connectivity index (χ0v) is 21.4. The van der Waals surface area contributed by atoms with Gasteiger partial charge in [-0.05, 0) is 43.5 Å². The van der Waals surface area contributed by atoms with Crippen molar-refractivity contribution in [1.82, 2.24) is 19.9 Å². The average molecular weight is 527 g/mol. The number of Topliss-reactive ketones (excluding diaryl/α,β-unsaturated/α-hetero) is 1. The summed E-state index contributed by atoms with van der Waals surface area (Å²) >= 11 is 0. The number of fused-ring (bicyclic) bond motifs is 1. The van der Waals surface area contributed by atoms with Crippen LogP contribution in [0.2, 0.25) is 0 Å². The molecule has 2 N–H and O–H groups in total. The van der Waals surface area contributed by atoms with Crippen LogP contribution in [0.5, 0.6) is 0 Å². The van der Waals surface area contributed by atoms with Crippen molar-refractivity contribution in [1.29, 1.82) is 0 Å². The number of hydrogen-bond acceptors (Lipinski definition) is 7. The lowest BCUT2D eigenvalue weighted by atomic mass is 10.1. The fourth-order valence-electron chi connectivity index (χ4n) is 4.26. The maximum Gasteiger partial charge on any atom is 0.287 e. The minimum atomic E-state index is -3.94. The van der Waals surface area contributed by atoms with Gasteiger partial charge in [0.1, 0.15) is 11.6 Å². The number of sulfonamides is 1. The molecule has 4 rings (SSSR count). The summed E-state index contributed by atoms with van der Waals surface area (Å²) in [5, 5.41) is 6.12. The Bertz CT molecular complexity index is 1340. The Morgan fingerprint density at radius 2 is 1.97 bits per heavy atom. The number of aromatic nitrogens is 1. The summed E-state index contributed by atoms with van der Waals surface area (Å²) < 4.78 is 32.6. The van der Waals surface area contributed by atoms with Gasteiger partial charge >= 0.3 is 0 Å². The molecule has 0 radical (unpaired) electrons. The van der Waals surface area contributed by atoms with Crippen molar-refractivity contribution in [3.05, 3.63) is 60.5 Å². The molecule has 2 unspecified atom stereocenters. The molecule has 0 spiro atoms. The second-order valence-electron chi connectivity index (χ2n) is 8.99. The summed E-state index contributed by atoms with van der Waals surface area (Å²) in [4.78, 5) is 42.9. The highest BCUT2D eigenvalue weighted by Crippen LogP contribution is 2.20. The van der Waals surface area contributed by atoms with Crippen LogP contribution in [0.4, 0.5) is 0 Å². The van der Waals surface area contributed by atoms with Crippen molar-refractivity contribution in [2.45, 2.75) is 56.1 Å². The van der Waals surface area contributed by atoms with Gasteiger partial charge in [-0.2, -0.15) is 4.31 Å². The Morgan fingerprint density at radius 3 is 2.70 bits per heavy atom. The standard InChI is InChI=1S/C26H30N4O6S/c1-2-3-10-20(29-26(33)23-16-18-9-4-5-12-22(18)36-23)25(32)28-19-11-8-15-30(17-21(19)31)37(34,35)24-13-6-7-14-27-24/h4-7,9,12-14,16,19-20H,2-3,8,10-11,15,17H2,1H3,(H,28,32)(H,29,33). The molecule has 3 aromatic rings. The van der Waals surface area contributed by atoms with Crippen molar-refractivity contribution < 1.29 is 27.2 Å². The maximum atomic E-state index is 13.2. The molecule has 1 fully saturated rings. The number of carbonyl (C=O) groups excluding carboxylic acids is 3. The Labute approximate surface area is 215 Å². The van der Waals surface area contributed by atoms with Gasteiger partial charge in [-0.15, -0.1) is 0 Å². The van der Waals surface area contributed by atoms with Gasteiger partial charge in [0.05, 0.1) is 12.6 Å². The Balaban J connectivity index is 1.43. The van der Waals surface area contributed by atoms with Crippen molar-refractivity contribution in [2.75, 3.05) is 13.1 Å². The van der Waals surface area contributed by atoms with E-state index in [4.69, 9.17) is 4.42 Å². The first-order valence-corrected chi connectivity index (χ1v) is 13.8. The van der Waals surface area contributed by atoms with Gasteiger partial charge < -0.3 is 15.1 Å². The molecule has 1 aliphatic heterocycles. The van der Waals surface area contributed by atoms with Crippen LogP contribution in [0.1, 0.15) is 49.6 Å². The largest absolute Gasteiger partial charge is 0.451 e. The number of hydrogen-bond donors (Lipinski definition) is 2. The van der Waals surface area contributed by atoms with Crippen LogP contribution in [0.3, 0.4) is 0 Å². The van der Waals surface area contributed by atoms with E-state index in [1.165, 1.54) is 12.3 Å². The molecule has 11 heteroatoms. The van der Waals surface area contributed by atoms with E-state index in [-0.39, 0.29) is 30.3 Å². The minimum absolute atomic E-state index is 0.0939. The highest BCUT2D eigenvalue weighted by molar-refractivity contribution is 7.89. The second kappa shape index (κ2) is 11.7. The molecule has 3 heterocycles. The summed E-state index contributed by atoms with van der Waals surface area (Å²) in [6.45, 7) is 1.75. The number of benzene rings is 1. The van der Waals surface area contributed by atoms with Crippen LogP contribution in [-0.2, 0) is 19.6 Å². The zero-order chi connectivity index (χ0) is 26.4. The van der Waals surface area contributed by atoms with E-state index in [9.17, 15) is 22.8 Å².